The Morgan fingerprint density at radius 2 is 1.50 bits per heavy atom. The van der Waals surface area contributed by atoms with E-state index in [4.69, 9.17) is 0 Å². The molecule has 3 aliphatic rings. The summed E-state index contributed by atoms with van der Waals surface area (Å²) in [4.78, 5) is 47.2. The molecule has 0 radical (unpaired) electrons. The van der Waals surface area contributed by atoms with E-state index in [1.807, 2.05) is 23.1 Å². The van der Waals surface area contributed by atoms with E-state index >= 15 is 0 Å². The number of amides is 3. The highest BCUT2D eigenvalue weighted by Gasteiger charge is 2.30. The molecule has 38 heavy (non-hydrogen) atoms. The Morgan fingerprint density at radius 1 is 0.789 bits per heavy atom. The van der Waals surface area contributed by atoms with Gasteiger partial charge in [-0.15, -0.1) is 0 Å². The predicted octanol–water partition coefficient (Wildman–Crippen LogP) is 2.44. The minimum Gasteiger partial charge on any atom is -0.507 e. The second kappa shape index (κ2) is 9.75. The van der Waals surface area contributed by atoms with Gasteiger partial charge in [0.05, 0.1) is 11.1 Å². The second-order valence-electron chi connectivity index (χ2n) is 10.6. The van der Waals surface area contributed by atoms with Crippen LogP contribution in [0.1, 0.15) is 61.6 Å². The van der Waals surface area contributed by atoms with Crippen molar-refractivity contribution in [3.05, 3.63) is 58.3 Å². The highest BCUT2D eigenvalue weighted by Crippen LogP contribution is 2.31. The molecule has 0 aliphatic carbocycles. The molecule has 2 fully saturated rings. The van der Waals surface area contributed by atoms with E-state index in [1.54, 1.807) is 15.9 Å². The summed E-state index contributed by atoms with van der Waals surface area (Å²) in [5.74, 6) is -0.638. The maximum absolute atomic E-state index is 13.5. The molecule has 0 unspecified atom stereocenters. The van der Waals surface area contributed by atoms with Gasteiger partial charge in [0.1, 0.15) is 5.75 Å². The summed E-state index contributed by atoms with van der Waals surface area (Å²) in [5.41, 5.74) is 3.46. The SMILES string of the molecule is CN1CCN(C(=O)c2ccc3c(c2)CN(C(=O)c2cc4c(C(=O)N5CCCCC5)n[nH]c4cc2O)C3)CC1. The summed E-state index contributed by atoms with van der Waals surface area (Å²) in [6, 6.07) is 8.66. The number of phenols is 1. The number of H-pyrrole nitrogens is 1. The van der Waals surface area contributed by atoms with Gasteiger partial charge in [-0.1, -0.05) is 6.07 Å². The third kappa shape index (κ3) is 4.38. The van der Waals surface area contributed by atoms with Crippen molar-refractivity contribution in [3.8, 4) is 5.75 Å². The Hall–Kier alpha value is -3.92. The fourth-order valence-electron chi connectivity index (χ4n) is 5.67. The Morgan fingerprint density at radius 3 is 2.26 bits per heavy atom. The van der Waals surface area contributed by atoms with Crippen molar-refractivity contribution in [2.75, 3.05) is 46.3 Å². The van der Waals surface area contributed by atoms with Gasteiger partial charge in [-0.25, -0.2) is 0 Å². The maximum Gasteiger partial charge on any atom is 0.274 e. The van der Waals surface area contributed by atoms with Crippen LogP contribution in [0.25, 0.3) is 10.9 Å². The molecule has 2 aromatic carbocycles. The average Bonchev–Trinajstić information content (AvgIpc) is 3.56. The van der Waals surface area contributed by atoms with Crippen molar-refractivity contribution in [2.24, 2.45) is 0 Å². The van der Waals surface area contributed by atoms with Crippen LogP contribution in [0.15, 0.2) is 30.3 Å². The van der Waals surface area contributed by atoms with Gasteiger partial charge in [0.25, 0.3) is 17.7 Å². The number of nitrogens with zero attached hydrogens (tertiary/aromatic N) is 5. The number of aromatic hydroxyl groups is 1. The van der Waals surface area contributed by atoms with Gasteiger partial charge >= 0.3 is 0 Å². The Kier molecular flexibility index (Phi) is 6.27. The molecule has 0 atom stereocenters. The molecule has 2 saturated heterocycles. The quantitative estimate of drug-likeness (QED) is 0.553. The van der Waals surface area contributed by atoms with Crippen molar-refractivity contribution in [1.29, 1.82) is 0 Å². The molecule has 6 rings (SSSR count). The van der Waals surface area contributed by atoms with Crippen molar-refractivity contribution in [3.63, 3.8) is 0 Å². The van der Waals surface area contributed by atoms with E-state index in [0.717, 1.165) is 43.5 Å². The monoisotopic (exact) mass is 516 g/mol. The highest BCUT2D eigenvalue weighted by molar-refractivity contribution is 6.08. The lowest BCUT2D eigenvalue weighted by atomic mass is 10.1. The minimum absolute atomic E-state index is 0.0135. The lowest BCUT2D eigenvalue weighted by molar-refractivity contribution is 0.0663. The number of rotatable bonds is 3. The summed E-state index contributed by atoms with van der Waals surface area (Å²) in [7, 11) is 2.05. The maximum atomic E-state index is 13.5. The first-order valence-corrected chi connectivity index (χ1v) is 13.3. The number of aromatic nitrogens is 2. The van der Waals surface area contributed by atoms with Gasteiger partial charge in [-0.2, -0.15) is 5.10 Å². The first-order valence-electron chi connectivity index (χ1n) is 13.3. The van der Waals surface area contributed by atoms with Crippen molar-refractivity contribution >= 4 is 28.6 Å². The van der Waals surface area contributed by atoms with Crippen LogP contribution in [-0.4, -0.2) is 98.9 Å². The zero-order valence-corrected chi connectivity index (χ0v) is 21.6. The Bertz CT molecular complexity index is 1420. The number of phenolic OH excluding ortho intramolecular Hbond substituents is 1. The lowest BCUT2D eigenvalue weighted by Crippen LogP contribution is -2.47. The number of likely N-dealkylation sites (N-methyl/N-ethyl adjacent to an activating group) is 1. The van der Waals surface area contributed by atoms with Gasteiger partial charge in [0.15, 0.2) is 5.69 Å². The van der Waals surface area contributed by atoms with Gasteiger partial charge in [0, 0.05) is 69.4 Å². The molecular formula is C28H32N6O4. The van der Waals surface area contributed by atoms with E-state index < -0.39 is 0 Å². The fraction of sp³-hybridized carbons (Fsp3) is 0.429. The van der Waals surface area contributed by atoms with Crippen LogP contribution < -0.4 is 0 Å². The Labute approximate surface area is 220 Å². The van der Waals surface area contributed by atoms with Crippen LogP contribution in [-0.2, 0) is 13.1 Å². The topological polar surface area (TPSA) is 113 Å². The largest absolute Gasteiger partial charge is 0.507 e. The van der Waals surface area contributed by atoms with E-state index in [1.165, 1.54) is 6.07 Å². The molecule has 3 aliphatic heterocycles. The standard InChI is InChI=1S/C28H32N6O4/c1-31-9-11-33(12-10-31)26(36)18-5-6-19-16-34(17-20(19)13-18)27(37)22-14-21-23(15-24(22)35)29-30-25(21)28(38)32-7-3-2-4-8-32/h5-6,13-15,35H,2-4,7-12,16-17H2,1H3,(H,29,30). The van der Waals surface area contributed by atoms with Gasteiger partial charge in [0.2, 0.25) is 0 Å². The van der Waals surface area contributed by atoms with E-state index in [-0.39, 0.29) is 34.7 Å². The third-order valence-corrected chi connectivity index (χ3v) is 8.01. The molecule has 3 aromatic rings. The number of aromatic amines is 1. The van der Waals surface area contributed by atoms with Crippen LogP contribution in [0.4, 0.5) is 0 Å². The number of carbonyl (C=O) groups excluding carboxylic acids is 3. The molecule has 10 heteroatoms. The smallest absolute Gasteiger partial charge is 0.274 e. The van der Waals surface area contributed by atoms with E-state index in [2.05, 4.69) is 22.1 Å². The number of likely N-dealkylation sites (tertiary alicyclic amines) is 1. The number of piperidine rings is 1. The molecule has 0 spiro atoms. The number of piperazine rings is 1. The van der Waals surface area contributed by atoms with Crippen LogP contribution in [0.3, 0.4) is 0 Å². The van der Waals surface area contributed by atoms with Gasteiger partial charge < -0.3 is 24.7 Å². The minimum atomic E-state index is -0.329. The van der Waals surface area contributed by atoms with Crippen LogP contribution in [0, 0.1) is 0 Å². The summed E-state index contributed by atoms with van der Waals surface area (Å²) < 4.78 is 0. The summed E-state index contributed by atoms with van der Waals surface area (Å²) >= 11 is 0. The van der Waals surface area contributed by atoms with Crippen molar-refractivity contribution in [2.45, 2.75) is 32.4 Å². The third-order valence-electron chi connectivity index (χ3n) is 8.01. The normalized spacial score (nSPS) is 18.2. The molecule has 10 nitrogen and oxygen atoms in total. The molecule has 1 aromatic heterocycles. The van der Waals surface area contributed by atoms with Gasteiger partial charge in [-0.3, -0.25) is 19.5 Å². The zero-order valence-electron chi connectivity index (χ0n) is 21.6. The molecule has 198 valence electrons. The summed E-state index contributed by atoms with van der Waals surface area (Å²) in [5, 5.41) is 18.3. The zero-order chi connectivity index (χ0) is 26.4. The van der Waals surface area contributed by atoms with Crippen LogP contribution in [0.5, 0.6) is 5.75 Å². The average molecular weight is 517 g/mol. The number of hydrogen-bond acceptors (Lipinski definition) is 6. The number of hydrogen-bond donors (Lipinski definition) is 2. The molecule has 0 saturated carbocycles. The number of carbonyl (C=O) groups is 3. The summed E-state index contributed by atoms with van der Waals surface area (Å²) in [6.45, 7) is 5.25. The van der Waals surface area contributed by atoms with Gasteiger partial charge in [-0.05, 0) is 55.6 Å². The highest BCUT2D eigenvalue weighted by atomic mass is 16.3. The lowest BCUT2D eigenvalue weighted by Gasteiger charge is -2.32. The van der Waals surface area contributed by atoms with Crippen LogP contribution >= 0.6 is 0 Å². The molecule has 3 amide bonds. The molecular weight excluding hydrogens is 484 g/mol. The number of fused-ring (bicyclic) bond motifs is 2. The predicted molar refractivity (Wildman–Crippen MR) is 141 cm³/mol. The molecule has 2 N–H and O–H groups in total. The Balaban J connectivity index is 1.22. The van der Waals surface area contributed by atoms with Crippen molar-refractivity contribution in [1.82, 2.24) is 29.8 Å². The molecule has 4 heterocycles. The van der Waals surface area contributed by atoms with Crippen molar-refractivity contribution < 1.29 is 19.5 Å². The fourth-order valence-corrected chi connectivity index (χ4v) is 5.67. The van der Waals surface area contributed by atoms with Crippen LogP contribution in [0.2, 0.25) is 0 Å². The second-order valence-corrected chi connectivity index (χ2v) is 10.6. The first kappa shape index (κ1) is 24.4. The number of benzene rings is 2. The van der Waals surface area contributed by atoms with E-state index in [0.29, 0.717) is 55.7 Å². The first-order chi connectivity index (χ1) is 18.4. The summed E-state index contributed by atoms with van der Waals surface area (Å²) in [6.07, 6.45) is 3.05. The number of nitrogens with one attached hydrogen (secondary N) is 1. The molecule has 0 bridgehead atoms. The van der Waals surface area contributed by atoms with E-state index in [9.17, 15) is 19.5 Å².